The van der Waals surface area contributed by atoms with Crippen LogP contribution in [0, 0.1) is 17.0 Å². The monoisotopic (exact) mass is 314 g/mol. The van der Waals surface area contributed by atoms with Crippen molar-refractivity contribution >= 4 is 27.5 Å². The maximum Gasteiger partial charge on any atom is 0.282 e. The van der Waals surface area contributed by atoms with Gasteiger partial charge in [0.15, 0.2) is 0 Å². The number of nitrogens with zero attached hydrogens (tertiary/aromatic N) is 2. The van der Waals surface area contributed by atoms with Crippen molar-refractivity contribution in [2.24, 2.45) is 0 Å². The van der Waals surface area contributed by atoms with Gasteiger partial charge in [0.25, 0.3) is 11.6 Å². The van der Waals surface area contributed by atoms with Crippen molar-refractivity contribution < 1.29 is 9.72 Å². The third kappa shape index (κ3) is 3.07. The third-order valence-corrected chi connectivity index (χ3v) is 3.04. The fraction of sp³-hybridized carbons (Fsp3) is 0.417. The Kier molecular flexibility index (Phi) is 5.27. The summed E-state index contributed by atoms with van der Waals surface area (Å²) < 4.78 is 0. The molecule has 1 rings (SSSR count). The number of nitro benzene ring substituents is 1. The SMILES string of the molecule is CCN(CCBr)C(=O)c1c(C)cccc1[N+](=O)[O-]. The second-order valence-corrected chi connectivity index (χ2v) is 4.59. The molecule has 0 bridgehead atoms. The van der Waals surface area contributed by atoms with E-state index in [0.29, 0.717) is 24.0 Å². The van der Waals surface area contributed by atoms with Gasteiger partial charge >= 0.3 is 0 Å². The summed E-state index contributed by atoms with van der Waals surface area (Å²) in [6.07, 6.45) is 0. The molecule has 1 aromatic carbocycles. The normalized spacial score (nSPS) is 10.2. The number of carbonyl (C=O) groups excluding carboxylic acids is 1. The molecule has 0 heterocycles. The Hall–Kier alpha value is -1.43. The van der Waals surface area contributed by atoms with E-state index in [1.54, 1.807) is 24.0 Å². The standard InChI is InChI=1S/C12H15BrN2O3/c1-3-14(8-7-13)12(16)11-9(2)5-4-6-10(11)15(17)18/h4-6H,3,7-8H2,1-2H3. The molecule has 0 aliphatic heterocycles. The van der Waals surface area contributed by atoms with Gasteiger partial charge in [0.2, 0.25) is 0 Å². The van der Waals surface area contributed by atoms with Gasteiger partial charge in [0.05, 0.1) is 4.92 Å². The lowest BCUT2D eigenvalue weighted by atomic mass is 10.1. The van der Waals surface area contributed by atoms with Crippen LogP contribution in [0.25, 0.3) is 0 Å². The molecule has 6 heteroatoms. The van der Waals surface area contributed by atoms with Crippen molar-refractivity contribution in [2.75, 3.05) is 18.4 Å². The fourth-order valence-electron chi connectivity index (χ4n) is 1.75. The molecule has 1 aromatic rings. The Morgan fingerprint density at radius 2 is 2.17 bits per heavy atom. The van der Waals surface area contributed by atoms with Gasteiger partial charge in [0, 0.05) is 24.5 Å². The van der Waals surface area contributed by atoms with E-state index in [1.165, 1.54) is 6.07 Å². The van der Waals surface area contributed by atoms with Crippen molar-refractivity contribution in [1.82, 2.24) is 4.90 Å². The van der Waals surface area contributed by atoms with E-state index < -0.39 is 4.92 Å². The molecule has 0 radical (unpaired) electrons. The topological polar surface area (TPSA) is 63.5 Å². The van der Waals surface area contributed by atoms with Crippen LogP contribution in [0.15, 0.2) is 18.2 Å². The molecule has 0 aliphatic rings. The molecule has 18 heavy (non-hydrogen) atoms. The lowest BCUT2D eigenvalue weighted by molar-refractivity contribution is -0.385. The zero-order valence-electron chi connectivity index (χ0n) is 10.4. The summed E-state index contributed by atoms with van der Waals surface area (Å²) in [5.41, 5.74) is 0.681. The molecule has 0 aliphatic carbocycles. The summed E-state index contributed by atoms with van der Waals surface area (Å²) in [7, 11) is 0. The Morgan fingerprint density at radius 1 is 1.50 bits per heavy atom. The van der Waals surface area contributed by atoms with E-state index in [2.05, 4.69) is 15.9 Å². The minimum atomic E-state index is -0.512. The van der Waals surface area contributed by atoms with Crippen LogP contribution in [-0.2, 0) is 0 Å². The highest BCUT2D eigenvalue weighted by Gasteiger charge is 2.25. The van der Waals surface area contributed by atoms with Gasteiger partial charge in [0.1, 0.15) is 5.56 Å². The predicted molar refractivity (Wildman–Crippen MR) is 73.2 cm³/mol. The van der Waals surface area contributed by atoms with Crippen LogP contribution in [0.5, 0.6) is 0 Å². The Labute approximate surface area is 114 Å². The highest BCUT2D eigenvalue weighted by atomic mass is 79.9. The Morgan fingerprint density at radius 3 is 2.67 bits per heavy atom. The molecule has 0 spiro atoms. The molecule has 0 saturated heterocycles. The van der Waals surface area contributed by atoms with E-state index >= 15 is 0 Å². The average molecular weight is 315 g/mol. The molecule has 0 fully saturated rings. The summed E-state index contributed by atoms with van der Waals surface area (Å²) >= 11 is 3.27. The van der Waals surface area contributed by atoms with Gasteiger partial charge in [-0.3, -0.25) is 14.9 Å². The van der Waals surface area contributed by atoms with Crippen LogP contribution in [0.4, 0.5) is 5.69 Å². The lowest BCUT2D eigenvalue weighted by Crippen LogP contribution is -2.33. The summed E-state index contributed by atoms with van der Waals surface area (Å²) in [4.78, 5) is 24.4. The number of hydrogen-bond donors (Lipinski definition) is 0. The number of benzene rings is 1. The molecule has 0 atom stereocenters. The number of alkyl halides is 1. The number of amides is 1. The first-order valence-corrected chi connectivity index (χ1v) is 6.74. The Bertz CT molecular complexity index is 463. The number of hydrogen-bond acceptors (Lipinski definition) is 3. The van der Waals surface area contributed by atoms with Crippen molar-refractivity contribution in [3.8, 4) is 0 Å². The van der Waals surface area contributed by atoms with Gasteiger partial charge < -0.3 is 4.90 Å². The minimum absolute atomic E-state index is 0.131. The maximum atomic E-state index is 12.3. The van der Waals surface area contributed by atoms with Gasteiger partial charge in [-0.05, 0) is 19.4 Å². The molecule has 5 nitrogen and oxygen atoms in total. The zero-order chi connectivity index (χ0) is 13.7. The molecule has 0 unspecified atom stereocenters. The molecule has 98 valence electrons. The summed E-state index contributed by atoms with van der Waals surface area (Å²) in [6.45, 7) is 4.61. The third-order valence-electron chi connectivity index (χ3n) is 2.68. The van der Waals surface area contributed by atoms with E-state index in [9.17, 15) is 14.9 Å². The molecule has 0 saturated carbocycles. The average Bonchev–Trinajstić information content (AvgIpc) is 2.34. The first-order valence-electron chi connectivity index (χ1n) is 5.62. The number of aryl methyl sites for hydroxylation is 1. The number of carbonyl (C=O) groups is 1. The van der Waals surface area contributed by atoms with E-state index in [4.69, 9.17) is 0 Å². The highest BCUT2D eigenvalue weighted by molar-refractivity contribution is 9.09. The van der Waals surface area contributed by atoms with Crippen molar-refractivity contribution in [1.29, 1.82) is 0 Å². The predicted octanol–water partition coefficient (Wildman–Crippen LogP) is 2.76. The maximum absolute atomic E-state index is 12.3. The molecular formula is C12H15BrN2O3. The van der Waals surface area contributed by atoms with E-state index in [-0.39, 0.29) is 17.2 Å². The first-order chi connectivity index (χ1) is 8.52. The summed E-state index contributed by atoms with van der Waals surface area (Å²) in [6, 6.07) is 4.66. The lowest BCUT2D eigenvalue weighted by Gasteiger charge is -2.20. The van der Waals surface area contributed by atoms with Crippen LogP contribution in [0.1, 0.15) is 22.8 Å². The number of halogens is 1. The molecular weight excluding hydrogens is 300 g/mol. The first kappa shape index (κ1) is 14.6. The van der Waals surface area contributed by atoms with Crippen LogP contribution >= 0.6 is 15.9 Å². The Balaban J connectivity index is 3.22. The van der Waals surface area contributed by atoms with Crippen LogP contribution in [0.2, 0.25) is 0 Å². The molecule has 0 aromatic heterocycles. The summed E-state index contributed by atoms with van der Waals surface area (Å²) in [5.74, 6) is -0.290. The van der Waals surface area contributed by atoms with Crippen LogP contribution in [0.3, 0.4) is 0 Å². The quantitative estimate of drug-likeness (QED) is 0.477. The van der Waals surface area contributed by atoms with Crippen LogP contribution in [-0.4, -0.2) is 34.2 Å². The van der Waals surface area contributed by atoms with Gasteiger partial charge in [-0.2, -0.15) is 0 Å². The van der Waals surface area contributed by atoms with Gasteiger partial charge in [-0.1, -0.05) is 28.1 Å². The minimum Gasteiger partial charge on any atom is -0.338 e. The number of nitro groups is 1. The second-order valence-electron chi connectivity index (χ2n) is 3.80. The largest absolute Gasteiger partial charge is 0.338 e. The van der Waals surface area contributed by atoms with Gasteiger partial charge in [-0.25, -0.2) is 0 Å². The smallest absolute Gasteiger partial charge is 0.282 e. The molecule has 0 N–H and O–H groups in total. The van der Waals surface area contributed by atoms with Crippen molar-refractivity contribution in [3.63, 3.8) is 0 Å². The van der Waals surface area contributed by atoms with E-state index in [1.807, 2.05) is 6.92 Å². The number of rotatable bonds is 5. The zero-order valence-corrected chi connectivity index (χ0v) is 11.9. The highest BCUT2D eigenvalue weighted by Crippen LogP contribution is 2.23. The summed E-state index contributed by atoms with van der Waals surface area (Å²) in [5, 5.41) is 11.6. The second kappa shape index (κ2) is 6.49. The van der Waals surface area contributed by atoms with Crippen molar-refractivity contribution in [3.05, 3.63) is 39.4 Å². The van der Waals surface area contributed by atoms with Gasteiger partial charge in [-0.15, -0.1) is 0 Å². The molecule has 1 amide bonds. The van der Waals surface area contributed by atoms with Crippen LogP contribution < -0.4 is 0 Å². The van der Waals surface area contributed by atoms with Crippen molar-refractivity contribution in [2.45, 2.75) is 13.8 Å². The van der Waals surface area contributed by atoms with E-state index in [0.717, 1.165) is 0 Å². The fourth-order valence-corrected chi connectivity index (χ4v) is 2.17.